The van der Waals surface area contributed by atoms with Crippen LogP contribution >= 0.6 is 0 Å². The van der Waals surface area contributed by atoms with E-state index < -0.39 is 6.04 Å². The zero-order chi connectivity index (χ0) is 38.3. The van der Waals surface area contributed by atoms with E-state index in [1.54, 1.807) is 9.80 Å². The fourth-order valence-corrected chi connectivity index (χ4v) is 8.46. The van der Waals surface area contributed by atoms with E-state index in [1.165, 1.54) is 5.57 Å². The molecular formula is C45H54N6O4. The lowest BCUT2D eigenvalue weighted by atomic mass is 9.99. The number of fused-ring (bicyclic) bond motifs is 1. The minimum Gasteiger partial charge on any atom is -0.358 e. The Kier molecular flexibility index (Phi) is 12.1. The summed E-state index contributed by atoms with van der Waals surface area (Å²) in [5, 5.41) is 6.14. The van der Waals surface area contributed by atoms with Crippen LogP contribution in [0.25, 0.3) is 11.3 Å². The van der Waals surface area contributed by atoms with Gasteiger partial charge in [-0.3, -0.25) is 24.1 Å². The Bertz CT molecular complexity index is 1960. The highest BCUT2D eigenvalue weighted by Crippen LogP contribution is 2.30. The molecule has 7 rings (SSSR count). The van der Waals surface area contributed by atoms with Crippen LogP contribution in [0.1, 0.15) is 75.1 Å². The largest absolute Gasteiger partial charge is 0.358 e. The van der Waals surface area contributed by atoms with Gasteiger partial charge in [-0.1, -0.05) is 79.3 Å². The van der Waals surface area contributed by atoms with Crippen LogP contribution in [0, 0.1) is 5.92 Å². The fourth-order valence-electron chi connectivity index (χ4n) is 8.46. The SMILES string of the molecule is CCCN(CC(=O)Nc1ccc(-c2cc3c([nH]2)CC=C(NC(=O)C2CCCN2C(=O)C(C)c2ccccc2)C3)cc1)C(=O)C1CCN(CC2=CC=CCC2)C1. The summed E-state index contributed by atoms with van der Waals surface area (Å²) >= 11 is 0. The van der Waals surface area contributed by atoms with Gasteiger partial charge in [-0.05, 0) is 86.9 Å². The maximum atomic E-state index is 13.5. The molecule has 3 unspecified atom stereocenters. The lowest BCUT2D eigenvalue weighted by Crippen LogP contribution is -2.47. The molecule has 2 saturated heterocycles. The normalized spacial score (nSPS) is 20.0. The topological polar surface area (TPSA) is 118 Å². The van der Waals surface area contributed by atoms with E-state index in [9.17, 15) is 19.2 Å². The van der Waals surface area contributed by atoms with Gasteiger partial charge in [-0.2, -0.15) is 0 Å². The molecule has 10 heteroatoms. The second-order valence-corrected chi connectivity index (χ2v) is 15.5. The van der Waals surface area contributed by atoms with E-state index in [1.807, 2.05) is 68.4 Å². The third-order valence-electron chi connectivity index (χ3n) is 11.5. The Labute approximate surface area is 324 Å². The molecule has 3 aromatic rings. The molecule has 0 bridgehead atoms. The maximum Gasteiger partial charge on any atom is 0.246 e. The number of hydrogen-bond donors (Lipinski definition) is 3. The molecule has 3 heterocycles. The first kappa shape index (κ1) is 38.1. The van der Waals surface area contributed by atoms with Crippen molar-refractivity contribution >= 4 is 29.3 Å². The average molecular weight is 743 g/mol. The molecule has 4 aliphatic rings. The molecule has 0 spiro atoms. The molecule has 2 aliphatic carbocycles. The Balaban J connectivity index is 0.899. The lowest BCUT2D eigenvalue weighted by Gasteiger charge is -2.27. The van der Waals surface area contributed by atoms with Crippen LogP contribution in [0.2, 0.25) is 0 Å². The number of benzene rings is 2. The summed E-state index contributed by atoms with van der Waals surface area (Å²) in [6, 6.07) is 19.1. The molecule has 1 aromatic heterocycles. The Morgan fingerprint density at radius 1 is 1.00 bits per heavy atom. The van der Waals surface area contributed by atoms with Gasteiger partial charge in [0.25, 0.3) is 0 Å². The van der Waals surface area contributed by atoms with Crippen molar-refractivity contribution in [3.05, 3.63) is 113 Å². The number of amides is 4. The van der Waals surface area contributed by atoms with Crippen LogP contribution in [0.15, 0.2) is 96.2 Å². The first-order chi connectivity index (χ1) is 26.7. The molecule has 0 radical (unpaired) electrons. The van der Waals surface area contributed by atoms with Crippen LogP contribution in [-0.4, -0.2) is 88.6 Å². The summed E-state index contributed by atoms with van der Waals surface area (Å²) in [7, 11) is 0. The number of rotatable bonds is 13. The van der Waals surface area contributed by atoms with Crippen molar-refractivity contribution in [3.8, 4) is 11.3 Å². The molecule has 2 fully saturated rings. The van der Waals surface area contributed by atoms with Crippen LogP contribution < -0.4 is 10.6 Å². The summed E-state index contributed by atoms with van der Waals surface area (Å²) in [6.07, 6.45) is 15.1. The Morgan fingerprint density at radius 3 is 2.58 bits per heavy atom. The number of hydrogen-bond acceptors (Lipinski definition) is 5. The van der Waals surface area contributed by atoms with Crippen LogP contribution in [0.4, 0.5) is 5.69 Å². The number of likely N-dealkylation sites (tertiary alicyclic amines) is 2. The number of nitrogens with one attached hydrogen (secondary N) is 3. The molecular weight excluding hydrogens is 689 g/mol. The predicted octanol–water partition coefficient (Wildman–Crippen LogP) is 6.35. The van der Waals surface area contributed by atoms with E-state index in [-0.39, 0.29) is 42.0 Å². The second kappa shape index (κ2) is 17.5. The minimum absolute atomic E-state index is 0.00863. The number of carbonyl (C=O) groups excluding carboxylic acids is 4. The number of H-pyrrole nitrogens is 1. The van der Waals surface area contributed by atoms with E-state index in [2.05, 4.69) is 50.9 Å². The van der Waals surface area contributed by atoms with Crippen LogP contribution in [0.5, 0.6) is 0 Å². The molecule has 288 valence electrons. The fraction of sp³-hybridized carbons (Fsp3) is 0.422. The molecule has 3 atom stereocenters. The number of aromatic amines is 1. The quantitative estimate of drug-likeness (QED) is 0.189. The van der Waals surface area contributed by atoms with Gasteiger partial charge in [0.05, 0.1) is 18.4 Å². The summed E-state index contributed by atoms with van der Waals surface area (Å²) in [5.41, 5.74) is 8.09. The zero-order valence-corrected chi connectivity index (χ0v) is 32.2. The van der Waals surface area contributed by atoms with Gasteiger partial charge in [0.2, 0.25) is 23.6 Å². The van der Waals surface area contributed by atoms with Crippen molar-refractivity contribution in [2.75, 3.05) is 44.6 Å². The van der Waals surface area contributed by atoms with E-state index in [0.717, 1.165) is 85.5 Å². The van der Waals surface area contributed by atoms with Gasteiger partial charge in [-0.15, -0.1) is 0 Å². The van der Waals surface area contributed by atoms with Gasteiger partial charge in [0, 0.05) is 61.8 Å². The molecule has 3 N–H and O–H groups in total. The van der Waals surface area contributed by atoms with Gasteiger partial charge < -0.3 is 25.4 Å². The third kappa shape index (κ3) is 9.19. The van der Waals surface area contributed by atoms with Crippen LogP contribution in [-0.2, 0) is 32.0 Å². The third-order valence-corrected chi connectivity index (χ3v) is 11.5. The predicted molar refractivity (Wildman–Crippen MR) is 216 cm³/mol. The van der Waals surface area contributed by atoms with Crippen molar-refractivity contribution < 1.29 is 19.2 Å². The second-order valence-electron chi connectivity index (χ2n) is 15.5. The molecule has 0 saturated carbocycles. The summed E-state index contributed by atoms with van der Waals surface area (Å²) < 4.78 is 0. The highest BCUT2D eigenvalue weighted by Gasteiger charge is 2.37. The van der Waals surface area contributed by atoms with Crippen molar-refractivity contribution in [1.29, 1.82) is 0 Å². The van der Waals surface area contributed by atoms with Gasteiger partial charge in [0.1, 0.15) is 6.04 Å². The first-order valence-corrected chi connectivity index (χ1v) is 20.1. The number of anilines is 1. The van der Waals surface area contributed by atoms with Crippen molar-refractivity contribution in [2.45, 2.75) is 77.2 Å². The van der Waals surface area contributed by atoms with Gasteiger partial charge in [-0.25, -0.2) is 0 Å². The Morgan fingerprint density at radius 2 is 1.82 bits per heavy atom. The number of aromatic nitrogens is 1. The lowest BCUT2D eigenvalue weighted by molar-refractivity contribution is -0.139. The standard InChI is InChI=1S/C45H54N6O4/c1-3-23-50(45(55)35-22-25-49(29-35)28-32-11-6-4-7-12-32)30-42(52)46-37-18-16-34(17-19-37)40-27-36-26-38(20-21-39(36)48-40)47-43(53)41-15-10-24-51(41)44(54)31(2)33-13-8-5-9-14-33/h4-6,8-9,11,13-14,16-20,27,31,35,41,48H,3,7,10,12,15,21-26,28-30H2,1-2H3,(H,46,52)(H,47,53). The van der Waals surface area contributed by atoms with E-state index in [4.69, 9.17) is 0 Å². The summed E-state index contributed by atoms with van der Waals surface area (Å²) in [5.74, 6) is -0.634. The van der Waals surface area contributed by atoms with Crippen molar-refractivity contribution in [3.63, 3.8) is 0 Å². The molecule has 55 heavy (non-hydrogen) atoms. The number of allylic oxidation sites excluding steroid dienone is 5. The molecule has 2 aliphatic heterocycles. The van der Waals surface area contributed by atoms with E-state index in [0.29, 0.717) is 38.0 Å². The minimum atomic E-state index is -0.470. The van der Waals surface area contributed by atoms with Crippen molar-refractivity contribution in [2.24, 2.45) is 5.92 Å². The smallest absolute Gasteiger partial charge is 0.246 e. The Hall–Kier alpha value is -5.22. The van der Waals surface area contributed by atoms with Gasteiger partial charge in [0.15, 0.2) is 0 Å². The van der Waals surface area contributed by atoms with E-state index >= 15 is 0 Å². The number of nitrogens with zero attached hydrogens (tertiary/aromatic N) is 3. The average Bonchev–Trinajstić information content (AvgIpc) is 3.98. The highest BCUT2D eigenvalue weighted by molar-refractivity contribution is 5.95. The summed E-state index contributed by atoms with van der Waals surface area (Å²) in [4.78, 5) is 63.0. The van der Waals surface area contributed by atoms with Gasteiger partial charge >= 0.3 is 0 Å². The zero-order valence-electron chi connectivity index (χ0n) is 32.2. The monoisotopic (exact) mass is 742 g/mol. The molecule has 10 nitrogen and oxygen atoms in total. The maximum absolute atomic E-state index is 13.5. The number of carbonyl (C=O) groups is 4. The van der Waals surface area contributed by atoms with Crippen LogP contribution in [0.3, 0.4) is 0 Å². The highest BCUT2D eigenvalue weighted by atomic mass is 16.2. The van der Waals surface area contributed by atoms with Crippen molar-refractivity contribution in [1.82, 2.24) is 25.0 Å². The summed E-state index contributed by atoms with van der Waals surface area (Å²) in [6.45, 7) is 7.70. The molecule has 4 amide bonds. The first-order valence-electron chi connectivity index (χ1n) is 20.1. The molecule has 2 aromatic carbocycles.